The summed E-state index contributed by atoms with van der Waals surface area (Å²) in [6, 6.07) is 17.6. The number of allylic oxidation sites excluding steroid dienone is 3. The molecular weight excluding hydrogens is 560 g/mol. The van der Waals surface area contributed by atoms with Crippen molar-refractivity contribution in [2.24, 2.45) is 11.1 Å². The highest BCUT2D eigenvalue weighted by atomic mass is 32.2. The summed E-state index contributed by atoms with van der Waals surface area (Å²) in [5.41, 5.74) is 9.13. The lowest BCUT2D eigenvalue weighted by molar-refractivity contribution is -0.118. The molecule has 2 heterocycles. The zero-order chi connectivity index (χ0) is 29.3. The number of carboxylic acid groups (broad SMARTS) is 1. The fourth-order valence-corrected chi connectivity index (χ4v) is 6.79. The van der Waals surface area contributed by atoms with E-state index in [0.29, 0.717) is 39.3 Å². The zero-order valence-electron chi connectivity index (χ0n) is 22.2. The molecule has 1 amide bonds. The minimum atomic E-state index is -1.08. The molecule has 0 saturated heterocycles. The monoisotopic (exact) mass is 586 g/mol. The molecule has 1 atom stereocenters. The molecule has 41 heavy (non-hydrogen) atoms. The fraction of sp³-hybridized carbons (Fsp3) is 0.241. The Kier molecular flexibility index (Phi) is 7.66. The first-order chi connectivity index (χ1) is 19.6. The van der Waals surface area contributed by atoms with Crippen LogP contribution in [-0.2, 0) is 9.59 Å². The van der Waals surface area contributed by atoms with Gasteiger partial charge in [-0.3, -0.25) is 14.5 Å². The number of carbonyl (C=O) groups is 3. The van der Waals surface area contributed by atoms with Crippen molar-refractivity contribution < 1.29 is 19.5 Å². The predicted octanol–water partition coefficient (Wildman–Crippen LogP) is 4.91. The number of anilines is 2. The van der Waals surface area contributed by atoms with E-state index in [-0.39, 0.29) is 39.8 Å². The summed E-state index contributed by atoms with van der Waals surface area (Å²) in [4.78, 5) is 39.0. The average Bonchev–Trinajstić information content (AvgIpc) is 3.39. The number of aromatic carboxylic acids is 1. The van der Waals surface area contributed by atoms with Crippen LogP contribution in [0.2, 0.25) is 0 Å². The van der Waals surface area contributed by atoms with E-state index < -0.39 is 11.9 Å². The van der Waals surface area contributed by atoms with Crippen LogP contribution in [0.3, 0.4) is 0 Å². The van der Waals surface area contributed by atoms with Crippen LogP contribution in [0.15, 0.2) is 81.6 Å². The van der Waals surface area contributed by atoms with Gasteiger partial charge in [-0.05, 0) is 35.6 Å². The minimum absolute atomic E-state index is 0.0102. The number of amides is 1. The third-order valence-corrected chi connectivity index (χ3v) is 8.86. The van der Waals surface area contributed by atoms with Crippen LogP contribution in [-0.4, -0.2) is 38.7 Å². The summed E-state index contributed by atoms with van der Waals surface area (Å²) in [6.07, 6.45) is 0.903. The molecule has 5 rings (SSSR count). The third kappa shape index (κ3) is 5.73. The molecule has 1 aliphatic heterocycles. The Morgan fingerprint density at radius 2 is 1.95 bits per heavy atom. The maximum Gasteiger partial charge on any atom is 0.335 e. The lowest BCUT2D eigenvalue weighted by Gasteiger charge is -2.42. The number of carbonyl (C=O) groups excluding carboxylic acids is 2. The highest BCUT2D eigenvalue weighted by Gasteiger charge is 2.45. The van der Waals surface area contributed by atoms with E-state index >= 15 is 0 Å². The fourth-order valence-electron chi connectivity index (χ4n) is 5.11. The van der Waals surface area contributed by atoms with Crippen LogP contribution in [0, 0.1) is 16.7 Å². The SMILES string of the molecule is CC1(C)CC(=O)C2=C(C1)N(c1nnc(SCC(=O)Nc3cccc(C(=O)O)c3)s1)C(N)=C(C#N)C2c1ccccc1. The number of ketones is 1. The number of aromatic nitrogens is 2. The number of thioether (sulfide) groups is 1. The second-order valence-corrected chi connectivity index (χ2v) is 12.6. The Morgan fingerprint density at radius 1 is 1.20 bits per heavy atom. The molecular formula is C29H26N6O4S2. The Bertz CT molecular complexity index is 1650. The Balaban J connectivity index is 1.42. The molecule has 1 unspecified atom stereocenters. The molecule has 0 spiro atoms. The highest BCUT2D eigenvalue weighted by Crippen LogP contribution is 2.50. The molecule has 0 radical (unpaired) electrons. The second kappa shape index (κ2) is 11.2. The van der Waals surface area contributed by atoms with Gasteiger partial charge in [0.1, 0.15) is 5.82 Å². The van der Waals surface area contributed by atoms with E-state index in [2.05, 4.69) is 21.6 Å². The van der Waals surface area contributed by atoms with Gasteiger partial charge in [0.25, 0.3) is 0 Å². The van der Waals surface area contributed by atoms with Crippen LogP contribution in [0.25, 0.3) is 0 Å². The zero-order valence-corrected chi connectivity index (χ0v) is 23.9. The van der Waals surface area contributed by atoms with Crippen LogP contribution in [0.5, 0.6) is 0 Å². The largest absolute Gasteiger partial charge is 0.478 e. The van der Waals surface area contributed by atoms with E-state index in [4.69, 9.17) is 10.8 Å². The first kappa shape index (κ1) is 28.1. The number of hydrogen-bond acceptors (Lipinski definition) is 10. The number of nitrogens with two attached hydrogens (primary N) is 1. The average molecular weight is 587 g/mol. The number of hydrogen-bond donors (Lipinski definition) is 3. The summed E-state index contributed by atoms with van der Waals surface area (Å²) >= 11 is 2.37. The first-order valence-corrected chi connectivity index (χ1v) is 14.5. The van der Waals surface area contributed by atoms with Crippen LogP contribution >= 0.6 is 23.1 Å². The number of nitriles is 1. The smallest absolute Gasteiger partial charge is 0.335 e. The Labute approximate surface area is 244 Å². The van der Waals surface area contributed by atoms with Gasteiger partial charge in [-0.2, -0.15) is 5.26 Å². The van der Waals surface area contributed by atoms with Crippen molar-refractivity contribution in [2.75, 3.05) is 16.0 Å². The van der Waals surface area contributed by atoms with Crippen LogP contribution in [0.1, 0.15) is 48.5 Å². The summed E-state index contributed by atoms with van der Waals surface area (Å²) < 4.78 is 0.495. The van der Waals surface area contributed by atoms with Gasteiger partial charge in [0.15, 0.2) is 10.1 Å². The van der Waals surface area contributed by atoms with Crippen molar-refractivity contribution in [1.82, 2.24) is 10.2 Å². The van der Waals surface area contributed by atoms with Gasteiger partial charge in [-0.15, -0.1) is 10.2 Å². The number of benzene rings is 2. The lowest BCUT2D eigenvalue weighted by Crippen LogP contribution is -2.42. The Hall–Kier alpha value is -4.47. The summed E-state index contributed by atoms with van der Waals surface area (Å²) in [7, 11) is 0. The third-order valence-electron chi connectivity index (χ3n) is 6.82. The molecule has 12 heteroatoms. The maximum absolute atomic E-state index is 13.6. The first-order valence-electron chi connectivity index (χ1n) is 12.7. The summed E-state index contributed by atoms with van der Waals surface area (Å²) in [5.74, 6) is -1.81. The normalized spacial score (nSPS) is 18.1. The number of nitrogens with one attached hydrogen (secondary N) is 1. The molecule has 0 bridgehead atoms. The molecule has 2 aromatic carbocycles. The molecule has 1 aromatic heterocycles. The minimum Gasteiger partial charge on any atom is -0.478 e. The molecule has 10 nitrogen and oxygen atoms in total. The summed E-state index contributed by atoms with van der Waals surface area (Å²) in [5, 5.41) is 31.0. The number of carboxylic acids is 1. The number of rotatable bonds is 7. The molecule has 0 saturated carbocycles. The van der Waals surface area contributed by atoms with Crippen molar-refractivity contribution in [3.8, 4) is 6.07 Å². The molecule has 0 fully saturated rings. The molecule has 208 valence electrons. The van der Waals surface area contributed by atoms with E-state index in [9.17, 15) is 19.6 Å². The van der Waals surface area contributed by atoms with Gasteiger partial charge in [0.2, 0.25) is 11.0 Å². The number of Topliss-reactive ketones (excluding diaryl/α,β-unsaturated/α-hetero) is 1. The predicted molar refractivity (Wildman–Crippen MR) is 156 cm³/mol. The van der Waals surface area contributed by atoms with E-state index in [1.807, 2.05) is 44.2 Å². The van der Waals surface area contributed by atoms with E-state index in [1.54, 1.807) is 17.0 Å². The Morgan fingerprint density at radius 3 is 2.66 bits per heavy atom. The van der Waals surface area contributed by atoms with Gasteiger partial charge in [0, 0.05) is 23.4 Å². The van der Waals surface area contributed by atoms with Crippen LogP contribution in [0.4, 0.5) is 10.8 Å². The van der Waals surface area contributed by atoms with Gasteiger partial charge >= 0.3 is 5.97 Å². The number of nitrogens with zero attached hydrogens (tertiary/aromatic N) is 4. The quantitative estimate of drug-likeness (QED) is 0.324. The maximum atomic E-state index is 13.6. The van der Waals surface area contributed by atoms with E-state index in [0.717, 1.165) is 17.3 Å². The van der Waals surface area contributed by atoms with Crippen molar-refractivity contribution >= 4 is 51.6 Å². The van der Waals surface area contributed by atoms with Crippen molar-refractivity contribution in [3.05, 3.63) is 88.4 Å². The highest BCUT2D eigenvalue weighted by molar-refractivity contribution is 8.01. The molecule has 3 aromatic rings. The molecule has 2 aliphatic rings. The van der Waals surface area contributed by atoms with Crippen LogP contribution < -0.4 is 16.0 Å². The second-order valence-electron chi connectivity index (χ2n) is 10.5. The lowest BCUT2D eigenvalue weighted by atomic mass is 9.69. The van der Waals surface area contributed by atoms with Gasteiger partial charge in [0.05, 0.1) is 28.9 Å². The standard InChI is InChI=1S/C29H26N6O4S2/c1-29(2)12-20-24(21(36)13-29)23(16-7-4-3-5-8-16)19(14-30)25(31)35(20)27-33-34-28(41-27)40-15-22(37)32-18-10-6-9-17(11-18)26(38)39/h3-11,23H,12-13,15,31H2,1-2H3,(H,32,37)(H,38,39). The van der Waals surface area contributed by atoms with Crippen molar-refractivity contribution in [2.45, 2.75) is 36.9 Å². The van der Waals surface area contributed by atoms with Crippen molar-refractivity contribution in [3.63, 3.8) is 0 Å². The van der Waals surface area contributed by atoms with Gasteiger partial charge < -0.3 is 16.2 Å². The molecule has 4 N–H and O–H groups in total. The molecule has 1 aliphatic carbocycles. The van der Waals surface area contributed by atoms with E-state index in [1.165, 1.54) is 23.5 Å². The van der Waals surface area contributed by atoms with Gasteiger partial charge in [-0.25, -0.2) is 4.79 Å². The topological polar surface area (TPSA) is 162 Å². The summed E-state index contributed by atoms with van der Waals surface area (Å²) in [6.45, 7) is 4.05. The van der Waals surface area contributed by atoms with Crippen molar-refractivity contribution in [1.29, 1.82) is 5.26 Å². The van der Waals surface area contributed by atoms with Gasteiger partial charge in [-0.1, -0.05) is 73.3 Å².